The third-order valence-corrected chi connectivity index (χ3v) is 4.24. The van der Waals surface area contributed by atoms with E-state index in [0.29, 0.717) is 36.0 Å². The van der Waals surface area contributed by atoms with Crippen LogP contribution in [0.3, 0.4) is 0 Å². The first-order chi connectivity index (χ1) is 12.5. The molecule has 0 unspecified atom stereocenters. The molecule has 5 heteroatoms. The molecule has 0 aliphatic carbocycles. The number of nitrogens with one attached hydrogen (secondary N) is 1. The van der Waals surface area contributed by atoms with Gasteiger partial charge in [-0.3, -0.25) is 4.79 Å². The van der Waals surface area contributed by atoms with Crippen molar-refractivity contribution < 1.29 is 19.0 Å². The highest BCUT2D eigenvalue weighted by Crippen LogP contribution is 2.40. The Bertz CT molecular complexity index is 756. The molecule has 2 aromatic carbocycles. The Labute approximate surface area is 155 Å². The van der Waals surface area contributed by atoms with Gasteiger partial charge in [-0.05, 0) is 41.7 Å². The van der Waals surface area contributed by atoms with Gasteiger partial charge in [-0.1, -0.05) is 32.0 Å². The van der Waals surface area contributed by atoms with Gasteiger partial charge < -0.3 is 19.5 Å². The molecule has 0 fully saturated rings. The Morgan fingerprint density at radius 1 is 1.00 bits per heavy atom. The third-order valence-electron chi connectivity index (χ3n) is 4.24. The third kappa shape index (κ3) is 4.69. The Hall–Kier alpha value is -2.69. The molecule has 1 N–H and O–H groups in total. The molecule has 140 valence electrons. The molecule has 2 rings (SSSR count). The minimum atomic E-state index is -0.0391. The predicted molar refractivity (Wildman–Crippen MR) is 104 cm³/mol. The zero-order chi connectivity index (χ0) is 19.1. The summed E-state index contributed by atoms with van der Waals surface area (Å²) in [5, 5.41) is 2.96. The number of carbonyl (C=O) groups excluding carboxylic acids is 1. The van der Waals surface area contributed by atoms with Gasteiger partial charge in [0.1, 0.15) is 0 Å². The zero-order valence-electron chi connectivity index (χ0n) is 16.1. The molecule has 0 saturated carbocycles. The van der Waals surface area contributed by atoms with Gasteiger partial charge in [-0.2, -0.15) is 0 Å². The van der Waals surface area contributed by atoms with Gasteiger partial charge in [-0.15, -0.1) is 0 Å². The summed E-state index contributed by atoms with van der Waals surface area (Å²) in [6.07, 6.45) is 0.886. The van der Waals surface area contributed by atoms with Crippen LogP contribution in [-0.4, -0.2) is 27.2 Å². The second-order valence-electron chi connectivity index (χ2n) is 6.32. The van der Waals surface area contributed by atoms with Crippen LogP contribution in [0.2, 0.25) is 0 Å². The number of hydrogen-bond donors (Lipinski definition) is 1. The van der Waals surface area contributed by atoms with Gasteiger partial charge in [0.2, 0.25) is 11.7 Å². The standard InChI is InChI=1S/C21H27NO4/c1-14(2)16-7-6-8-17(13-16)22-19(23)12-10-15-9-11-18(24-3)21(26-5)20(15)25-4/h6-9,11,13-14H,10,12H2,1-5H3,(H,22,23). The summed E-state index contributed by atoms with van der Waals surface area (Å²) in [5.74, 6) is 2.12. The highest BCUT2D eigenvalue weighted by Gasteiger charge is 2.16. The van der Waals surface area contributed by atoms with Crippen molar-refractivity contribution in [3.63, 3.8) is 0 Å². The van der Waals surface area contributed by atoms with Crippen molar-refractivity contribution in [2.24, 2.45) is 0 Å². The van der Waals surface area contributed by atoms with E-state index in [2.05, 4.69) is 25.2 Å². The van der Waals surface area contributed by atoms with Gasteiger partial charge in [0.15, 0.2) is 11.5 Å². The second-order valence-corrected chi connectivity index (χ2v) is 6.32. The zero-order valence-corrected chi connectivity index (χ0v) is 16.1. The van der Waals surface area contributed by atoms with Crippen molar-refractivity contribution in [1.82, 2.24) is 0 Å². The smallest absolute Gasteiger partial charge is 0.224 e. The maximum atomic E-state index is 12.3. The summed E-state index contributed by atoms with van der Waals surface area (Å²) in [7, 11) is 4.73. The van der Waals surface area contributed by atoms with E-state index in [9.17, 15) is 4.79 Å². The van der Waals surface area contributed by atoms with Crippen molar-refractivity contribution in [3.8, 4) is 17.2 Å². The molecule has 0 heterocycles. The molecule has 0 aromatic heterocycles. The lowest BCUT2D eigenvalue weighted by molar-refractivity contribution is -0.116. The molecule has 1 amide bonds. The SMILES string of the molecule is COc1ccc(CCC(=O)Nc2cccc(C(C)C)c2)c(OC)c1OC. The van der Waals surface area contributed by atoms with Crippen molar-refractivity contribution in [1.29, 1.82) is 0 Å². The van der Waals surface area contributed by atoms with E-state index in [-0.39, 0.29) is 5.91 Å². The van der Waals surface area contributed by atoms with E-state index in [1.54, 1.807) is 21.3 Å². The van der Waals surface area contributed by atoms with Crippen LogP contribution in [0.1, 0.15) is 37.3 Å². The number of hydrogen-bond acceptors (Lipinski definition) is 4. The summed E-state index contributed by atoms with van der Waals surface area (Å²) < 4.78 is 16.1. The van der Waals surface area contributed by atoms with Crippen LogP contribution in [0.15, 0.2) is 36.4 Å². The number of anilines is 1. The molecule has 5 nitrogen and oxygen atoms in total. The number of rotatable bonds is 8. The second kappa shape index (κ2) is 9.13. The number of carbonyl (C=O) groups is 1. The summed E-state index contributed by atoms with van der Waals surface area (Å²) in [5.41, 5.74) is 2.92. The van der Waals surface area contributed by atoms with Crippen LogP contribution in [0, 0.1) is 0 Å². The van der Waals surface area contributed by atoms with E-state index >= 15 is 0 Å². The molecule has 26 heavy (non-hydrogen) atoms. The van der Waals surface area contributed by atoms with E-state index in [1.165, 1.54) is 5.56 Å². The van der Waals surface area contributed by atoms with E-state index < -0.39 is 0 Å². The fourth-order valence-corrected chi connectivity index (χ4v) is 2.81. The summed E-state index contributed by atoms with van der Waals surface area (Å²) in [6, 6.07) is 11.7. The topological polar surface area (TPSA) is 56.8 Å². The predicted octanol–water partition coefficient (Wildman–Crippen LogP) is 4.41. The van der Waals surface area contributed by atoms with Crippen LogP contribution < -0.4 is 19.5 Å². The summed E-state index contributed by atoms with van der Waals surface area (Å²) >= 11 is 0. The van der Waals surface area contributed by atoms with Crippen molar-refractivity contribution in [2.45, 2.75) is 32.6 Å². The van der Waals surface area contributed by atoms with E-state index in [1.807, 2.05) is 30.3 Å². The molecule has 0 radical (unpaired) electrons. The van der Waals surface area contributed by atoms with Crippen LogP contribution >= 0.6 is 0 Å². The van der Waals surface area contributed by atoms with Crippen molar-refractivity contribution in [3.05, 3.63) is 47.5 Å². The Balaban J connectivity index is 2.06. The molecule has 0 saturated heterocycles. The monoisotopic (exact) mass is 357 g/mol. The number of ether oxygens (including phenoxy) is 3. The van der Waals surface area contributed by atoms with Crippen LogP contribution in [-0.2, 0) is 11.2 Å². The fraction of sp³-hybridized carbons (Fsp3) is 0.381. The minimum absolute atomic E-state index is 0.0391. The lowest BCUT2D eigenvalue weighted by atomic mass is 10.0. The number of amides is 1. The average molecular weight is 357 g/mol. The lowest BCUT2D eigenvalue weighted by Gasteiger charge is -2.15. The van der Waals surface area contributed by atoms with Crippen molar-refractivity contribution >= 4 is 11.6 Å². The number of aryl methyl sites for hydroxylation is 1. The van der Waals surface area contributed by atoms with E-state index in [4.69, 9.17) is 14.2 Å². The van der Waals surface area contributed by atoms with Crippen LogP contribution in [0.25, 0.3) is 0 Å². The molecule has 0 aliphatic rings. The summed E-state index contributed by atoms with van der Waals surface area (Å²) in [4.78, 5) is 12.3. The quantitative estimate of drug-likeness (QED) is 0.760. The maximum Gasteiger partial charge on any atom is 0.224 e. The van der Waals surface area contributed by atoms with Gasteiger partial charge in [0, 0.05) is 12.1 Å². The first-order valence-electron chi connectivity index (χ1n) is 8.67. The fourth-order valence-electron chi connectivity index (χ4n) is 2.81. The highest BCUT2D eigenvalue weighted by molar-refractivity contribution is 5.91. The average Bonchev–Trinajstić information content (AvgIpc) is 2.65. The molecule has 0 bridgehead atoms. The Morgan fingerprint density at radius 2 is 1.73 bits per heavy atom. The molecule has 2 aromatic rings. The first-order valence-corrected chi connectivity index (χ1v) is 8.67. The molecular formula is C21H27NO4. The highest BCUT2D eigenvalue weighted by atomic mass is 16.5. The molecule has 0 spiro atoms. The molecular weight excluding hydrogens is 330 g/mol. The van der Waals surface area contributed by atoms with Crippen LogP contribution in [0.5, 0.6) is 17.2 Å². The Morgan fingerprint density at radius 3 is 2.35 bits per heavy atom. The minimum Gasteiger partial charge on any atom is -0.493 e. The Kier molecular flexibility index (Phi) is 6.89. The first kappa shape index (κ1) is 19.6. The maximum absolute atomic E-state index is 12.3. The number of benzene rings is 2. The molecule has 0 aliphatic heterocycles. The van der Waals surface area contributed by atoms with Gasteiger partial charge in [0.05, 0.1) is 21.3 Å². The largest absolute Gasteiger partial charge is 0.493 e. The lowest BCUT2D eigenvalue weighted by Crippen LogP contribution is -2.13. The number of methoxy groups -OCH3 is 3. The van der Waals surface area contributed by atoms with E-state index in [0.717, 1.165) is 11.3 Å². The van der Waals surface area contributed by atoms with Gasteiger partial charge >= 0.3 is 0 Å². The normalized spacial score (nSPS) is 10.5. The van der Waals surface area contributed by atoms with Crippen LogP contribution in [0.4, 0.5) is 5.69 Å². The molecule has 0 atom stereocenters. The summed E-state index contributed by atoms with van der Waals surface area (Å²) in [6.45, 7) is 4.26. The van der Waals surface area contributed by atoms with Crippen molar-refractivity contribution in [2.75, 3.05) is 26.6 Å². The van der Waals surface area contributed by atoms with Gasteiger partial charge in [0.25, 0.3) is 0 Å². The van der Waals surface area contributed by atoms with Gasteiger partial charge in [-0.25, -0.2) is 0 Å².